The van der Waals surface area contributed by atoms with Crippen LogP contribution in [-0.4, -0.2) is 21.0 Å². The Labute approximate surface area is 188 Å². The van der Waals surface area contributed by atoms with Crippen LogP contribution >= 0.6 is 0 Å². The summed E-state index contributed by atoms with van der Waals surface area (Å²) in [4.78, 5) is 20.8. The van der Waals surface area contributed by atoms with Crippen molar-refractivity contribution in [3.63, 3.8) is 0 Å². The molecule has 1 aromatic heterocycles. The van der Waals surface area contributed by atoms with E-state index in [1.165, 1.54) is 11.1 Å². The van der Waals surface area contributed by atoms with Crippen LogP contribution < -0.4 is 5.56 Å². The van der Waals surface area contributed by atoms with Gasteiger partial charge in [-0.05, 0) is 23.6 Å². The van der Waals surface area contributed by atoms with Gasteiger partial charge in [0.2, 0.25) is 0 Å². The number of aromatic nitrogens is 2. The van der Waals surface area contributed by atoms with Gasteiger partial charge in [0.25, 0.3) is 5.56 Å². The standard InChI is InChI=1S/C28H27N3O/c1-21-12-14-22(15-13-21)18-30-17-16-26-25(19-30)28(32)31(20-29-26)27(23-8-4-2-5-9-23)24-10-6-3-7-11-24/h2-15,20,27H,16-19H2,1H3. The van der Waals surface area contributed by atoms with Crippen molar-refractivity contribution >= 4 is 0 Å². The summed E-state index contributed by atoms with van der Waals surface area (Å²) in [5.74, 6) is 0. The minimum Gasteiger partial charge on any atom is -0.294 e. The Morgan fingerprint density at radius 3 is 2.12 bits per heavy atom. The highest BCUT2D eigenvalue weighted by molar-refractivity contribution is 5.34. The van der Waals surface area contributed by atoms with Gasteiger partial charge in [-0.15, -0.1) is 0 Å². The Morgan fingerprint density at radius 1 is 0.875 bits per heavy atom. The van der Waals surface area contributed by atoms with Crippen molar-refractivity contribution in [2.24, 2.45) is 0 Å². The Balaban J connectivity index is 1.51. The van der Waals surface area contributed by atoms with E-state index < -0.39 is 0 Å². The lowest BCUT2D eigenvalue weighted by Crippen LogP contribution is -2.38. The van der Waals surface area contributed by atoms with Crippen molar-refractivity contribution in [2.45, 2.75) is 32.5 Å². The fourth-order valence-corrected chi connectivity index (χ4v) is 4.54. The topological polar surface area (TPSA) is 38.1 Å². The molecule has 5 rings (SSSR count). The second-order valence-electron chi connectivity index (χ2n) is 8.55. The lowest BCUT2D eigenvalue weighted by atomic mass is 9.98. The zero-order chi connectivity index (χ0) is 21.9. The molecule has 0 N–H and O–H groups in total. The molecule has 0 aliphatic carbocycles. The zero-order valence-electron chi connectivity index (χ0n) is 18.3. The third kappa shape index (κ3) is 4.14. The van der Waals surface area contributed by atoms with Crippen molar-refractivity contribution in [1.82, 2.24) is 14.5 Å². The van der Waals surface area contributed by atoms with E-state index in [-0.39, 0.29) is 11.6 Å². The number of benzene rings is 3. The van der Waals surface area contributed by atoms with Crippen molar-refractivity contribution in [1.29, 1.82) is 0 Å². The molecule has 0 bridgehead atoms. The lowest BCUT2D eigenvalue weighted by Gasteiger charge is -2.29. The quantitative estimate of drug-likeness (QED) is 0.467. The van der Waals surface area contributed by atoms with Crippen LogP contribution in [0.1, 0.15) is 39.6 Å². The third-order valence-corrected chi connectivity index (χ3v) is 6.26. The van der Waals surface area contributed by atoms with Crippen molar-refractivity contribution < 1.29 is 0 Å². The maximum Gasteiger partial charge on any atom is 0.258 e. The predicted molar refractivity (Wildman–Crippen MR) is 128 cm³/mol. The van der Waals surface area contributed by atoms with Crippen LogP contribution in [0.15, 0.2) is 96.1 Å². The Bertz CT molecular complexity index is 1210. The molecular weight excluding hydrogens is 394 g/mol. The molecular formula is C28H27N3O. The van der Waals surface area contributed by atoms with Crippen LogP contribution in [0.5, 0.6) is 0 Å². The molecule has 0 radical (unpaired) electrons. The van der Waals surface area contributed by atoms with Gasteiger partial charge in [-0.1, -0.05) is 90.5 Å². The van der Waals surface area contributed by atoms with Gasteiger partial charge in [-0.25, -0.2) is 4.98 Å². The molecule has 0 saturated carbocycles. The number of rotatable bonds is 5. The lowest BCUT2D eigenvalue weighted by molar-refractivity contribution is 0.240. The minimum absolute atomic E-state index is 0.0568. The largest absolute Gasteiger partial charge is 0.294 e. The van der Waals surface area contributed by atoms with Crippen LogP contribution in [0, 0.1) is 6.92 Å². The van der Waals surface area contributed by atoms with E-state index >= 15 is 0 Å². The fourth-order valence-electron chi connectivity index (χ4n) is 4.54. The highest BCUT2D eigenvalue weighted by Crippen LogP contribution is 2.26. The van der Waals surface area contributed by atoms with Crippen LogP contribution in [0.4, 0.5) is 0 Å². The predicted octanol–water partition coefficient (Wildman–Crippen LogP) is 4.75. The molecule has 32 heavy (non-hydrogen) atoms. The third-order valence-electron chi connectivity index (χ3n) is 6.26. The van der Waals surface area contributed by atoms with E-state index in [2.05, 4.69) is 60.4 Å². The first-order valence-electron chi connectivity index (χ1n) is 11.2. The Hall–Kier alpha value is -3.50. The van der Waals surface area contributed by atoms with Crippen LogP contribution in [0.25, 0.3) is 0 Å². The first kappa shape index (κ1) is 20.4. The van der Waals surface area contributed by atoms with E-state index in [0.717, 1.165) is 41.9 Å². The van der Waals surface area contributed by atoms with Gasteiger partial charge in [0.15, 0.2) is 0 Å². The van der Waals surface area contributed by atoms with E-state index in [1.54, 1.807) is 10.9 Å². The minimum atomic E-state index is -0.199. The van der Waals surface area contributed by atoms with Gasteiger partial charge in [0.05, 0.1) is 23.6 Å². The van der Waals surface area contributed by atoms with Gasteiger partial charge < -0.3 is 0 Å². The van der Waals surface area contributed by atoms with Crippen LogP contribution in [0.2, 0.25) is 0 Å². The van der Waals surface area contributed by atoms with Crippen LogP contribution in [-0.2, 0) is 19.5 Å². The van der Waals surface area contributed by atoms with Crippen molar-refractivity contribution in [3.05, 3.63) is 135 Å². The van der Waals surface area contributed by atoms with Crippen molar-refractivity contribution in [3.8, 4) is 0 Å². The summed E-state index contributed by atoms with van der Waals surface area (Å²) in [5.41, 5.74) is 6.51. The molecule has 1 aliphatic heterocycles. The molecule has 160 valence electrons. The number of nitrogens with zero attached hydrogens (tertiary/aromatic N) is 3. The summed E-state index contributed by atoms with van der Waals surface area (Å²) in [7, 11) is 0. The van der Waals surface area contributed by atoms with Gasteiger partial charge >= 0.3 is 0 Å². The van der Waals surface area contributed by atoms with Gasteiger partial charge in [0.1, 0.15) is 0 Å². The monoisotopic (exact) mass is 421 g/mol. The summed E-state index contributed by atoms with van der Waals surface area (Å²) >= 11 is 0. The number of hydrogen-bond donors (Lipinski definition) is 0. The van der Waals surface area contributed by atoms with E-state index in [4.69, 9.17) is 4.98 Å². The second kappa shape index (κ2) is 8.93. The molecule has 4 aromatic rings. The molecule has 4 nitrogen and oxygen atoms in total. The molecule has 0 saturated heterocycles. The SMILES string of the molecule is Cc1ccc(CN2CCc3ncn(C(c4ccccc4)c4ccccc4)c(=O)c3C2)cc1. The molecule has 3 aromatic carbocycles. The highest BCUT2D eigenvalue weighted by atomic mass is 16.1. The van der Waals surface area contributed by atoms with E-state index in [1.807, 2.05) is 36.4 Å². The van der Waals surface area contributed by atoms with E-state index in [9.17, 15) is 4.79 Å². The number of fused-ring (bicyclic) bond motifs is 1. The van der Waals surface area contributed by atoms with Crippen LogP contribution in [0.3, 0.4) is 0 Å². The maximum absolute atomic E-state index is 13.7. The smallest absolute Gasteiger partial charge is 0.258 e. The molecule has 0 fully saturated rings. The first-order chi connectivity index (χ1) is 15.7. The molecule has 0 amide bonds. The average molecular weight is 422 g/mol. The second-order valence-corrected chi connectivity index (χ2v) is 8.55. The molecule has 0 spiro atoms. The molecule has 0 atom stereocenters. The normalized spacial score (nSPS) is 13.8. The Kier molecular flexibility index (Phi) is 5.70. The van der Waals surface area contributed by atoms with Crippen molar-refractivity contribution in [2.75, 3.05) is 6.54 Å². The van der Waals surface area contributed by atoms with E-state index in [0.29, 0.717) is 6.54 Å². The summed E-state index contributed by atoms with van der Waals surface area (Å²) in [6, 6.07) is 28.8. The molecule has 0 unspecified atom stereocenters. The fraction of sp³-hybridized carbons (Fsp3) is 0.214. The summed E-state index contributed by atoms with van der Waals surface area (Å²) in [6.45, 7) is 4.49. The van der Waals surface area contributed by atoms with Gasteiger partial charge in [-0.3, -0.25) is 14.3 Å². The number of aryl methyl sites for hydroxylation is 1. The zero-order valence-corrected chi connectivity index (χ0v) is 18.3. The summed E-state index contributed by atoms with van der Waals surface area (Å²) in [5, 5.41) is 0. The van der Waals surface area contributed by atoms with Gasteiger partial charge in [0, 0.05) is 26.1 Å². The molecule has 2 heterocycles. The first-order valence-corrected chi connectivity index (χ1v) is 11.2. The Morgan fingerprint density at radius 2 is 1.50 bits per heavy atom. The average Bonchev–Trinajstić information content (AvgIpc) is 2.84. The van der Waals surface area contributed by atoms with Gasteiger partial charge in [-0.2, -0.15) is 0 Å². The molecule has 1 aliphatic rings. The summed E-state index contributed by atoms with van der Waals surface area (Å²) in [6.07, 6.45) is 2.54. The highest BCUT2D eigenvalue weighted by Gasteiger charge is 2.25. The number of hydrogen-bond acceptors (Lipinski definition) is 3. The summed E-state index contributed by atoms with van der Waals surface area (Å²) < 4.78 is 1.80. The maximum atomic E-state index is 13.7. The molecule has 4 heteroatoms.